The van der Waals surface area contributed by atoms with Gasteiger partial charge in [0, 0.05) is 18.3 Å². The zero-order valence-corrected chi connectivity index (χ0v) is 9.65. The smallest absolute Gasteiger partial charge is 0.260 e. The predicted molar refractivity (Wildman–Crippen MR) is 61.4 cm³/mol. The minimum absolute atomic E-state index is 0.118. The Bertz CT molecular complexity index is 593. The summed E-state index contributed by atoms with van der Waals surface area (Å²) in [6.45, 7) is 0.134. The average molecular weight is 253 g/mol. The number of hydrogen-bond donors (Lipinski definition) is 2. The van der Waals surface area contributed by atoms with E-state index in [1.807, 2.05) is 0 Å². The van der Waals surface area contributed by atoms with E-state index in [4.69, 9.17) is 10.2 Å². The quantitative estimate of drug-likeness (QED) is 0.837. The van der Waals surface area contributed by atoms with E-state index >= 15 is 0 Å². The highest BCUT2D eigenvalue weighted by molar-refractivity contribution is 7.89. The van der Waals surface area contributed by atoms with Crippen LogP contribution in [0, 0.1) is 0 Å². The van der Waals surface area contributed by atoms with Gasteiger partial charge in [0.2, 0.25) is 0 Å². The number of nitrogens with two attached hydrogens (primary N) is 1. The van der Waals surface area contributed by atoms with Crippen molar-refractivity contribution in [1.29, 1.82) is 0 Å². The fourth-order valence-electron chi connectivity index (χ4n) is 1.27. The lowest BCUT2D eigenvalue weighted by Crippen LogP contribution is -2.24. The maximum absolute atomic E-state index is 11.9. The van der Waals surface area contributed by atoms with Crippen LogP contribution in [-0.2, 0) is 16.6 Å². The first kappa shape index (κ1) is 11.6. The van der Waals surface area contributed by atoms with Crippen molar-refractivity contribution in [2.24, 2.45) is 0 Å². The number of nitrogens with zero attached hydrogens (tertiary/aromatic N) is 1. The highest BCUT2D eigenvalue weighted by atomic mass is 32.2. The van der Waals surface area contributed by atoms with Crippen LogP contribution in [0.3, 0.4) is 0 Å². The number of nitrogens with one attached hydrogen (secondary N) is 1. The Morgan fingerprint density at radius 2 is 2.24 bits per heavy atom. The van der Waals surface area contributed by atoms with E-state index in [1.165, 1.54) is 24.8 Å². The van der Waals surface area contributed by atoms with Crippen LogP contribution in [0.25, 0.3) is 0 Å². The van der Waals surface area contributed by atoms with Crippen LogP contribution in [0.15, 0.2) is 46.4 Å². The van der Waals surface area contributed by atoms with Crippen molar-refractivity contribution in [3.05, 3.63) is 42.5 Å². The van der Waals surface area contributed by atoms with Crippen LogP contribution in [0.1, 0.15) is 5.56 Å². The maximum atomic E-state index is 11.9. The molecule has 0 fully saturated rings. The molecule has 6 nitrogen and oxygen atoms in total. The van der Waals surface area contributed by atoms with Crippen molar-refractivity contribution in [3.63, 3.8) is 0 Å². The molecule has 0 aliphatic carbocycles. The van der Waals surface area contributed by atoms with Gasteiger partial charge in [0.15, 0.2) is 5.03 Å². The van der Waals surface area contributed by atoms with Crippen molar-refractivity contribution in [1.82, 2.24) is 9.71 Å². The molecule has 7 heteroatoms. The van der Waals surface area contributed by atoms with Crippen LogP contribution < -0.4 is 10.5 Å². The SMILES string of the molecule is Nc1cccnc1S(=O)(=O)NCc1ccoc1. The number of sulfonamides is 1. The van der Waals surface area contributed by atoms with E-state index < -0.39 is 10.0 Å². The van der Waals surface area contributed by atoms with Crippen LogP contribution in [-0.4, -0.2) is 13.4 Å². The third kappa shape index (κ3) is 2.63. The van der Waals surface area contributed by atoms with Gasteiger partial charge in [-0.05, 0) is 18.2 Å². The molecule has 0 aliphatic heterocycles. The van der Waals surface area contributed by atoms with Gasteiger partial charge in [-0.1, -0.05) is 0 Å². The molecule has 2 rings (SSSR count). The lowest BCUT2D eigenvalue weighted by molar-refractivity contribution is 0.560. The predicted octanol–water partition coefficient (Wildman–Crippen LogP) is 0.735. The maximum Gasteiger partial charge on any atom is 0.260 e. The van der Waals surface area contributed by atoms with Crippen molar-refractivity contribution >= 4 is 15.7 Å². The topological polar surface area (TPSA) is 98.2 Å². The third-order valence-corrected chi connectivity index (χ3v) is 3.48. The van der Waals surface area contributed by atoms with E-state index in [0.29, 0.717) is 0 Å². The first-order chi connectivity index (χ1) is 8.09. The van der Waals surface area contributed by atoms with Gasteiger partial charge < -0.3 is 10.2 Å². The van der Waals surface area contributed by atoms with Gasteiger partial charge in [-0.3, -0.25) is 0 Å². The van der Waals surface area contributed by atoms with Gasteiger partial charge in [-0.2, -0.15) is 0 Å². The molecular weight excluding hydrogens is 242 g/mol. The molecule has 0 unspecified atom stereocenters. The van der Waals surface area contributed by atoms with E-state index in [-0.39, 0.29) is 17.3 Å². The Morgan fingerprint density at radius 1 is 1.41 bits per heavy atom. The summed E-state index contributed by atoms with van der Waals surface area (Å²) in [5.41, 5.74) is 6.40. The first-order valence-corrected chi connectivity index (χ1v) is 6.29. The number of aromatic nitrogens is 1. The van der Waals surface area contributed by atoms with E-state index in [0.717, 1.165) is 5.56 Å². The molecule has 0 atom stereocenters. The molecule has 0 bridgehead atoms. The number of rotatable bonds is 4. The second-order valence-corrected chi connectivity index (χ2v) is 5.04. The van der Waals surface area contributed by atoms with Gasteiger partial charge in [0.25, 0.3) is 10.0 Å². The number of anilines is 1. The van der Waals surface area contributed by atoms with Gasteiger partial charge in [-0.25, -0.2) is 18.1 Å². The lowest BCUT2D eigenvalue weighted by Gasteiger charge is -2.06. The molecule has 2 aromatic heterocycles. The number of furan rings is 1. The molecular formula is C10H11N3O3S. The largest absolute Gasteiger partial charge is 0.472 e. The van der Waals surface area contributed by atoms with Gasteiger partial charge in [-0.15, -0.1) is 0 Å². The zero-order chi connectivity index (χ0) is 12.3. The standard InChI is InChI=1S/C10H11N3O3S/c11-9-2-1-4-12-10(9)17(14,15)13-6-8-3-5-16-7-8/h1-5,7,13H,6,11H2. The molecule has 0 saturated heterocycles. The first-order valence-electron chi connectivity index (χ1n) is 4.81. The Morgan fingerprint density at radius 3 is 2.88 bits per heavy atom. The molecule has 3 N–H and O–H groups in total. The van der Waals surface area contributed by atoms with Gasteiger partial charge in [0.1, 0.15) is 0 Å². The molecule has 2 aromatic rings. The Labute approximate surface area is 98.5 Å². The zero-order valence-electron chi connectivity index (χ0n) is 8.83. The molecule has 0 radical (unpaired) electrons. The molecule has 0 aromatic carbocycles. The van der Waals surface area contributed by atoms with E-state index in [9.17, 15) is 8.42 Å². The minimum Gasteiger partial charge on any atom is -0.472 e. The Kier molecular flexibility index (Phi) is 3.12. The summed E-state index contributed by atoms with van der Waals surface area (Å²) in [5.74, 6) is 0. The van der Waals surface area contributed by atoms with Gasteiger partial charge >= 0.3 is 0 Å². The number of nitrogen functional groups attached to an aromatic ring is 1. The highest BCUT2D eigenvalue weighted by Crippen LogP contribution is 2.14. The lowest BCUT2D eigenvalue weighted by atomic mass is 10.4. The van der Waals surface area contributed by atoms with Crippen molar-refractivity contribution in [2.45, 2.75) is 11.6 Å². The summed E-state index contributed by atoms with van der Waals surface area (Å²) in [6.07, 6.45) is 4.31. The van der Waals surface area contributed by atoms with E-state index in [1.54, 1.807) is 12.1 Å². The second kappa shape index (κ2) is 4.56. The molecule has 0 spiro atoms. The molecule has 90 valence electrons. The van der Waals surface area contributed by atoms with Crippen LogP contribution in [0.4, 0.5) is 5.69 Å². The Hall–Kier alpha value is -1.86. The molecule has 2 heterocycles. The molecule has 0 amide bonds. The van der Waals surface area contributed by atoms with Crippen molar-refractivity contribution < 1.29 is 12.8 Å². The number of pyridine rings is 1. The summed E-state index contributed by atoms with van der Waals surface area (Å²) in [6, 6.07) is 4.73. The average Bonchev–Trinajstić information content (AvgIpc) is 2.80. The molecule has 0 saturated carbocycles. The monoisotopic (exact) mass is 253 g/mol. The Balaban J connectivity index is 2.17. The summed E-state index contributed by atoms with van der Waals surface area (Å²) < 4.78 is 31.0. The molecule has 17 heavy (non-hydrogen) atoms. The van der Waals surface area contributed by atoms with E-state index in [2.05, 4.69) is 9.71 Å². The summed E-state index contributed by atoms with van der Waals surface area (Å²) in [5, 5.41) is -0.163. The van der Waals surface area contributed by atoms with Crippen molar-refractivity contribution in [3.8, 4) is 0 Å². The summed E-state index contributed by atoms with van der Waals surface area (Å²) >= 11 is 0. The normalized spacial score (nSPS) is 11.5. The number of hydrogen-bond acceptors (Lipinski definition) is 5. The minimum atomic E-state index is -3.69. The van der Waals surface area contributed by atoms with Crippen LogP contribution >= 0.6 is 0 Å². The van der Waals surface area contributed by atoms with Gasteiger partial charge in [0.05, 0.1) is 18.2 Å². The fraction of sp³-hybridized carbons (Fsp3) is 0.100. The second-order valence-electron chi connectivity index (χ2n) is 3.35. The summed E-state index contributed by atoms with van der Waals surface area (Å²) in [4.78, 5) is 3.75. The molecule has 0 aliphatic rings. The summed E-state index contributed by atoms with van der Waals surface area (Å²) in [7, 11) is -3.69. The fourth-order valence-corrected chi connectivity index (χ4v) is 2.34. The van der Waals surface area contributed by atoms with Crippen molar-refractivity contribution in [2.75, 3.05) is 5.73 Å². The highest BCUT2D eigenvalue weighted by Gasteiger charge is 2.18. The van der Waals surface area contributed by atoms with Crippen LogP contribution in [0.2, 0.25) is 0 Å². The van der Waals surface area contributed by atoms with Crippen LogP contribution in [0.5, 0.6) is 0 Å². The third-order valence-electron chi connectivity index (χ3n) is 2.10.